The molecule has 0 heterocycles. The molecule has 0 aromatic carbocycles. The molecule has 2 fully saturated rings. The average Bonchev–Trinajstić information content (AvgIpc) is 2.69. The molecule has 0 unspecified atom stereocenters. The molecule has 0 N–H and O–H groups in total. The zero-order valence-corrected chi connectivity index (χ0v) is 17.2. The zero-order chi connectivity index (χ0) is 22.5. The van der Waals surface area contributed by atoms with E-state index in [-0.39, 0.29) is 51.4 Å². The molecule has 0 saturated heterocycles. The number of hydrogen-bond donors (Lipinski definition) is 0. The summed E-state index contributed by atoms with van der Waals surface area (Å²) in [7, 11) is -3.17. The van der Waals surface area contributed by atoms with Gasteiger partial charge in [0, 0.05) is 11.8 Å². The van der Waals surface area contributed by atoms with Crippen LogP contribution in [0.5, 0.6) is 0 Å². The molecule has 2 rings (SSSR count). The molecule has 12 heteroatoms. The molecule has 2 aliphatic carbocycles. The fourth-order valence-corrected chi connectivity index (χ4v) is 4.63. The first kappa shape index (κ1) is 25.3. The first-order chi connectivity index (χ1) is 13.9. The van der Waals surface area contributed by atoms with Gasteiger partial charge in [-0.25, -0.2) is 0 Å². The van der Waals surface area contributed by atoms with E-state index < -0.39 is 69.1 Å². The second-order valence-electron chi connectivity index (χ2n) is 7.94. The molecule has 5 nitrogen and oxygen atoms in total. The third-order valence-corrected chi connectivity index (χ3v) is 6.72. The van der Waals surface area contributed by atoms with Crippen LogP contribution in [0.4, 0.5) is 26.3 Å². The standard InChI is InChI=1S/C18H25F6O5P/c19-17(20,21)13-5-1-11(2-6-13)15(25)9-28-30(27)29-10-16(26)12-3-7-14(8-4-12)18(22,23)24/h11-14,30H,1-10H2. The lowest BCUT2D eigenvalue weighted by atomic mass is 9.80. The fraction of sp³-hybridized carbons (Fsp3) is 0.889. The monoisotopic (exact) mass is 466 g/mol. The Labute approximate surface area is 170 Å². The summed E-state index contributed by atoms with van der Waals surface area (Å²) in [5.74, 6) is -4.94. The van der Waals surface area contributed by atoms with Gasteiger partial charge in [-0.3, -0.25) is 14.2 Å². The summed E-state index contributed by atoms with van der Waals surface area (Å²) in [5.41, 5.74) is 0. The van der Waals surface area contributed by atoms with Crippen molar-refractivity contribution < 1.29 is 49.5 Å². The Balaban J connectivity index is 1.63. The Morgan fingerprint density at radius 3 is 1.23 bits per heavy atom. The van der Waals surface area contributed by atoms with Crippen molar-refractivity contribution in [3.63, 3.8) is 0 Å². The van der Waals surface area contributed by atoms with Crippen LogP contribution in [-0.4, -0.2) is 37.1 Å². The van der Waals surface area contributed by atoms with Crippen LogP contribution >= 0.6 is 8.25 Å². The smallest absolute Gasteiger partial charge is 0.303 e. The Morgan fingerprint density at radius 2 is 0.967 bits per heavy atom. The largest absolute Gasteiger partial charge is 0.391 e. The summed E-state index contributed by atoms with van der Waals surface area (Å²) in [6, 6.07) is 0. The average molecular weight is 466 g/mol. The van der Waals surface area contributed by atoms with E-state index in [1.54, 1.807) is 0 Å². The molecule has 0 radical (unpaired) electrons. The van der Waals surface area contributed by atoms with Crippen molar-refractivity contribution in [2.75, 3.05) is 13.2 Å². The van der Waals surface area contributed by atoms with Gasteiger partial charge in [0.1, 0.15) is 13.2 Å². The lowest BCUT2D eigenvalue weighted by Gasteiger charge is -2.29. The fourth-order valence-electron chi connectivity index (χ4n) is 4.02. The van der Waals surface area contributed by atoms with Gasteiger partial charge in [0.2, 0.25) is 0 Å². The maximum Gasteiger partial charge on any atom is 0.391 e. The number of carbonyl (C=O) groups is 2. The highest BCUT2D eigenvalue weighted by Gasteiger charge is 2.43. The molecule has 174 valence electrons. The number of carbonyl (C=O) groups excluding carboxylic acids is 2. The second-order valence-corrected chi connectivity index (χ2v) is 9.02. The van der Waals surface area contributed by atoms with Gasteiger partial charge >= 0.3 is 20.6 Å². The number of hydrogen-bond acceptors (Lipinski definition) is 5. The number of ketones is 2. The minimum absolute atomic E-state index is 0.0766. The van der Waals surface area contributed by atoms with Crippen LogP contribution in [0.1, 0.15) is 51.4 Å². The minimum Gasteiger partial charge on any atom is -0.303 e. The van der Waals surface area contributed by atoms with Crippen molar-refractivity contribution in [2.24, 2.45) is 23.7 Å². The van der Waals surface area contributed by atoms with Crippen LogP contribution in [-0.2, 0) is 23.2 Å². The molecule has 2 aliphatic rings. The Hall–Kier alpha value is -0.930. The predicted octanol–water partition coefficient (Wildman–Crippen LogP) is 5.28. The quantitative estimate of drug-likeness (QED) is 0.360. The Kier molecular flexibility index (Phi) is 8.94. The SMILES string of the molecule is O=C(CO[PH](=O)OCC(=O)C1CCC(C(F)(F)F)CC1)C1CCC(C(F)(F)F)CC1. The molecule has 30 heavy (non-hydrogen) atoms. The minimum atomic E-state index is -4.28. The van der Waals surface area contributed by atoms with Gasteiger partial charge in [0.05, 0.1) is 11.8 Å². The van der Waals surface area contributed by atoms with E-state index in [0.717, 1.165) is 0 Å². The van der Waals surface area contributed by atoms with Crippen molar-refractivity contribution >= 4 is 19.8 Å². The molecule has 0 aromatic rings. The lowest BCUT2D eigenvalue weighted by molar-refractivity contribution is -0.185. The topological polar surface area (TPSA) is 69.7 Å². The van der Waals surface area contributed by atoms with Crippen LogP contribution in [0.2, 0.25) is 0 Å². The molecule has 0 atom stereocenters. The van der Waals surface area contributed by atoms with E-state index in [4.69, 9.17) is 9.05 Å². The van der Waals surface area contributed by atoms with Crippen molar-refractivity contribution in [1.82, 2.24) is 0 Å². The van der Waals surface area contributed by atoms with Gasteiger partial charge in [-0.1, -0.05) is 0 Å². The van der Waals surface area contributed by atoms with Crippen molar-refractivity contribution in [2.45, 2.75) is 63.7 Å². The van der Waals surface area contributed by atoms with E-state index in [9.17, 15) is 40.5 Å². The normalized spacial score (nSPS) is 29.4. The van der Waals surface area contributed by atoms with E-state index in [1.807, 2.05) is 0 Å². The summed E-state index contributed by atoms with van der Waals surface area (Å²) < 4.78 is 97.2. The van der Waals surface area contributed by atoms with Gasteiger partial charge in [0.25, 0.3) is 0 Å². The van der Waals surface area contributed by atoms with E-state index in [0.29, 0.717) is 0 Å². The summed E-state index contributed by atoms with van der Waals surface area (Å²) in [5, 5.41) is 0. The predicted molar refractivity (Wildman–Crippen MR) is 93.9 cm³/mol. The number of halogens is 6. The summed E-state index contributed by atoms with van der Waals surface area (Å²) in [6.07, 6.45) is -8.81. The highest BCUT2D eigenvalue weighted by molar-refractivity contribution is 7.33. The Morgan fingerprint density at radius 1 is 0.667 bits per heavy atom. The van der Waals surface area contributed by atoms with Gasteiger partial charge in [-0.05, 0) is 51.4 Å². The molecule has 0 bridgehead atoms. The summed E-state index contributed by atoms with van der Waals surface area (Å²) in [4.78, 5) is 24.0. The number of alkyl halides is 6. The molecule has 0 amide bonds. The molecule has 0 spiro atoms. The van der Waals surface area contributed by atoms with Crippen molar-refractivity contribution in [1.29, 1.82) is 0 Å². The maximum atomic E-state index is 12.6. The molecule has 0 aliphatic heterocycles. The number of Topliss-reactive ketones (excluding diaryl/α,β-unsaturated/α-hetero) is 2. The van der Waals surface area contributed by atoms with Crippen LogP contribution in [0.25, 0.3) is 0 Å². The van der Waals surface area contributed by atoms with Crippen molar-refractivity contribution in [3.05, 3.63) is 0 Å². The van der Waals surface area contributed by atoms with Gasteiger partial charge in [0.15, 0.2) is 11.6 Å². The van der Waals surface area contributed by atoms with Crippen LogP contribution in [0, 0.1) is 23.7 Å². The second kappa shape index (κ2) is 10.6. The third-order valence-electron chi connectivity index (χ3n) is 5.96. The molecular weight excluding hydrogens is 441 g/mol. The van der Waals surface area contributed by atoms with E-state index in [2.05, 4.69) is 0 Å². The maximum absolute atomic E-state index is 12.6. The summed E-state index contributed by atoms with van der Waals surface area (Å²) in [6.45, 7) is -1.16. The molecule has 2 saturated carbocycles. The molecular formula is C18H25F6O5P. The first-order valence-electron chi connectivity index (χ1n) is 9.86. The Bertz CT molecular complexity index is 568. The third kappa shape index (κ3) is 7.64. The zero-order valence-electron chi connectivity index (χ0n) is 16.2. The van der Waals surface area contributed by atoms with Gasteiger partial charge in [-0.15, -0.1) is 0 Å². The van der Waals surface area contributed by atoms with Crippen LogP contribution < -0.4 is 0 Å². The molecule has 0 aromatic heterocycles. The highest BCUT2D eigenvalue weighted by Crippen LogP contribution is 2.41. The van der Waals surface area contributed by atoms with Gasteiger partial charge in [-0.2, -0.15) is 26.3 Å². The van der Waals surface area contributed by atoms with Crippen LogP contribution in [0.3, 0.4) is 0 Å². The number of rotatable bonds is 8. The first-order valence-corrected chi connectivity index (χ1v) is 11.1. The summed E-state index contributed by atoms with van der Waals surface area (Å²) >= 11 is 0. The van der Waals surface area contributed by atoms with Crippen LogP contribution in [0.15, 0.2) is 0 Å². The lowest BCUT2D eigenvalue weighted by Crippen LogP contribution is -2.31. The van der Waals surface area contributed by atoms with E-state index >= 15 is 0 Å². The van der Waals surface area contributed by atoms with E-state index in [1.165, 1.54) is 0 Å². The highest BCUT2D eigenvalue weighted by atomic mass is 31.1. The van der Waals surface area contributed by atoms with Crippen molar-refractivity contribution in [3.8, 4) is 0 Å². The van der Waals surface area contributed by atoms with Gasteiger partial charge < -0.3 is 9.05 Å².